The van der Waals surface area contributed by atoms with Gasteiger partial charge in [0.1, 0.15) is 0 Å². The molecule has 1 fully saturated rings. The summed E-state index contributed by atoms with van der Waals surface area (Å²) in [5.41, 5.74) is 1.54. The zero-order valence-corrected chi connectivity index (χ0v) is 11.5. The second-order valence-electron chi connectivity index (χ2n) is 5.52. The molecule has 2 heteroatoms. The molecule has 0 spiro atoms. The Bertz CT molecular complexity index is 330. The van der Waals surface area contributed by atoms with Crippen LogP contribution in [0, 0.1) is 0 Å². The van der Waals surface area contributed by atoms with Crippen molar-refractivity contribution in [2.75, 3.05) is 19.7 Å². The summed E-state index contributed by atoms with van der Waals surface area (Å²) in [6.45, 7) is 5.26. The average Bonchev–Trinajstić information content (AvgIpc) is 2.82. The normalized spacial score (nSPS) is 23.4. The number of nitrogens with one attached hydrogen (secondary N) is 1. The molecule has 2 nitrogen and oxygen atoms in total. The molecule has 1 aromatic rings. The fourth-order valence-electron chi connectivity index (χ4n) is 2.55. The highest BCUT2D eigenvalue weighted by molar-refractivity contribution is 5.14. The lowest BCUT2D eigenvalue weighted by atomic mass is 10.0. The summed E-state index contributed by atoms with van der Waals surface area (Å²) in [6, 6.07) is 10.7. The Morgan fingerprint density at radius 1 is 1.22 bits per heavy atom. The fraction of sp³-hybridized carbons (Fsp3) is 0.625. The van der Waals surface area contributed by atoms with Crippen molar-refractivity contribution < 1.29 is 4.74 Å². The zero-order chi connectivity index (χ0) is 12.7. The highest BCUT2D eigenvalue weighted by Crippen LogP contribution is 2.23. The molecule has 100 valence electrons. The first-order valence-corrected chi connectivity index (χ1v) is 7.17. The highest BCUT2D eigenvalue weighted by atomic mass is 16.5. The maximum Gasteiger partial charge on any atom is 0.0779 e. The summed E-state index contributed by atoms with van der Waals surface area (Å²) in [4.78, 5) is 0. The molecule has 1 aromatic carbocycles. The summed E-state index contributed by atoms with van der Waals surface area (Å²) in [7, 11) is 0. The van der Waals surface area contributed by atoms with Gasteiger partial charge in [0.25, 0.3) is 0 Å². The van der Waals surface area contributed by atoms with E-state index in [1.807, 2.05) is 0 Å². The Balaban J connectivity index is 1.51. The van der Waals surface area contributed by atoms with E-state index in [4.69, 9.17) is 4.74 Å². The van der Waals surface area contributed by atoms with E-state index < -0.39 is 0 Å². The molecule has 0 bridgehead atoms. The van der Waals surface area contributed by atoms with Gasteiger partial charge in [-0.3, -0.25) is 0 Å². The number of unbranched alkanes of at least 4 members (excludes halogenated alkanes) is 1. The topological polar surface area (TPSA) is 21.3 Å². The quantitative estimate of drug-likeness (QED) is 0.747. The third-order valence-electron chi connectivity index (χ3n) is 3.71. The Labute approximate surface area is 111 Å². The molecule has 0 aliphatic carbocycles. The second kappa shape index (κ2) is 6.91. The number of ether oxygens (including phenoxy) is 1. The first-order chi connectivity index (χ1) is 8.79. The van der Waals surface area contributed by atoms with Gasteiger partial charge in [0.2, 0.25) is 0 Å². The molecule has 2 rings (SSSR count). The zero-order valence-electron chi connectivity index (χ0n) is 11.5. The minimum Gasteiger partial charge on any atom is -0.374 e. The Kier molecular flexibility index (Phi) is 5.21. The number of aryl methyl sites for hydroxylation is 1. The highest BCUT2D eigenvalue weighted by Gasteiger charge is 2.28. The summed E-state index contributed by atoms with van der Waals surface area (Å²) in [6.07, 6.45) is 6.10. The van der Waals surface area contributed by atoms with Gasteiger partial charge >= 0.3 is 0 Å². The summed E-state index contributed by atoms with van der Waals surface area (Å²) < 4.78 is 5.75. The molecular formula is C16H25NO. The van der Waals surface area contributed by atoms with Gasteiger partial charge in [0.05, 0.1) is 5.60 Å². The van der Waals surface area contributed by atoms with Crippen LogP contribution in [0.5, 0.6) is 0 Å². The monoisotopic (exact) mass is 247 g/mol. The molecule has 1 aliphatic heterocycles. The summed E-state index contributed by atoms with van der Waals surface area (Å²) in [5.74, 6) is 0. The summed E-state index contributed by atoms with van der Waals surface area (Å²) >= 11 is 0. The van der Waals surface area contributed by atoms with Crippen molar-refractivity contribution in [3.05, 3.63) is 35.9 Å². The smallest absolute Gasteiger partial charge is 0.0779 e. The molecule has 1 heterocycles. The van der Waals surface area contributed by atoms with Crippen LogP contribution in [0.3, 0.4) is 0 Å². The molecule has 18 heavy (non-hydrogen) atoms. The standard InChI is InChI=1S/C16H25NO/c1-16(11-7-13-18-16)14-17-12-6-5-10-15-8-3-2-4-9-15/h2-4,8-9,17H,5-7,10-14H2,1H3. The van der Waals surface area contributed by atoms with Crippen LogP contribution in [-0.4, -0.2) is 25.3 Å². The molecule has 1 saturated heterocycles. The molecule has 1 unspecified atom stereocenters. The van der Waals surface area contributed by atoms with E-state index in [0.29, 0.717) is 0 Å². The third kappa shape index (κ3) is 4.43. The molecule has 1 N–H and O–H groups in total. The van der Waals surface area contributed by atoms with E-state index >= 15 is 0 Å². The van der Waals surface area contributed by atoms with Gasteiger partial charge in [-0.15, -0.1) is 0 Å². The van der Waals surface area contributed by atoms with Gasteiger partial charge in [-0.25, -0.2) is 0 Å². The van der Waals surface area contributed by atoms with Crippen LogP contribution in [0.15, 0.2) is 30.3 Å². The van der Waals surface area contributed by atoms with Crippen molar-refractivity contribution >= 4 is 0 Å². The van der Waals surface area contributed by atoms with Gasteiger partial charge in [0.15, 0.2) is 0 Å². The Morgan fingerprint density at radius 3 is 2.78 bits per heavy atom. The van der Waals surface area contributed by atoms with Crippen molar-refractivity contribution in [3.63, 3.8) is 0 Å². The van der Waals surface area contributed by atoms with Crippen LogP contribution in [0.2, 0.25) is 0 Å². The maximum absolute atomic E-state index is 5.75. The van der Waals surface area contributed by atoms with Crippen LogP contribution in [0.4, 0.5) is 0 Å². The minimum atomic E-state index is 0.0967. The van der Waals surface area contributed by atoms with E-state index in [0.717, 1.165) is 19.7 Å². The maximum atomic E-state index is 5.75. The average molecular weight is 247 g/mol. The lowest BCUT2D eigenvalue weighted by Gasteiger charge is -2.23. The number of benzene rings is 1. The van der Waals surface area contributed by atoms with Crippen molar-refractivity contribution in [2.45, 2.75) is 44.6 Å². The Morgan fingerprint density at radius 2 is 2.06 bits per heavy atom. The number of hydrogen-bond acceptors (Lipinski definition) is 2. The SMILES string of the molecule is CC1(CNCCCCc2ccccc2)CCCO1. The van der Waals surface area contributed by atoms with E-state index in [1.165, 1.54) is 37.7 Å². The van der Waals surface area contributed by atoms with E-state index in [2.05, 4.69) is 42.6 Å². The first-order valence-electron chi connectivity index (χ1n) is 7.17. The predicted molar refractivity (Wildman–Crippen MR) is 75.8 cm³/mol. The van der Waals surface area contributed by atoms with Crippen molar-refractivity contribution in [2.24, 2.45) is 0 Å². The van der Waals surface area contributed by atoms with Gasteiger partial charge in [0, 0.05) is 13.2 Å². The lowest BCUT2D eigenvalue weighted by Crippen LogP contribution is -2.37. The van der Waals surface area contributed by atoms with Crippen molar-refractivity contribution in [3.8, 4) is 0 Å². The van der Waals surface area contributed by atoms with Crippen LogP contribution >= 0.6 is 0 Å². The lowest BCUT2D eigenvalue weighted by molar-refractivity contribution is 0.0210. The molecule has 0 aromatic heterocycles. The van der Waals surface area contributed by atoms with Gasteiger partial charge in [-0.2, -0.15) is 0 Å². The number of rotatable bonds is 7. The minimum absolute atomic E-state index is 0.0967. The Hall–Kier alpha value is -0.860. The van der Waals surface area contributed by atoms with Crippen molar-refractivity contribution in [1.82, 2.24) is 5.32 Å². The van der Waals surface area contributed by atoms with Crippen LogP contribution in [0.25, 0.3) is 0 Å². The van der Waals surface area contributed by atoms with Crippen LogP contribution < -0.4 is 5.32 Å². The fourth-order valence-corrected chi connectivity index (χ4v) is 2.55. The number of hydrogen-bond donors (Lipinski definition) is 1. The molecule has 0 saturated carbocycles. The van der Waals surface area contributed by atoms with E-state index in [-0.39, 0.29) is 5.60 Å². The largest absolute Gasteiger partial charge is 0.374 e. The van der Waals surface area contributed by atoms with Crippen molar-refractivity contribution in [1.29, 1.82) is 0 Å². The first kappa shape index (κ1) is 13.6. The molecular weight excluding hydrogens is 222 g/mol. The van der Waals surface area contributed by atoms with Crippen LogP contribution in [-0.2, 0) is 11.2 Å². The molecule has 0 radical (unpaired) electrons. The second-order valence-corrected chi connectivity index (χ2v) is 5.52. The molecule has 1 atom stereocenters. The van der Waals surface area contributed by atoms with Gasteiger partial charge in [-0.1, -0.05) is 30.3 Å². The van der Waals surface area contributed by atoms with Gasteiger partial charge in [-0.05, 0) is 51.1 Å². The van der Waals surface area contributed by atoms with E-state index in [1.54, 1.807) is 0 Å². The molecule has 1 aliphatic rings. The van der Waals surface area contributed by atoms with E-state index in [9.17, 15) is 0 Å². The van der Waals surface area contributed by atoms with Crippen LogP contribution in [0.1, 0.15) is 38.2 Å². The van der Waals surface area contributed by atoms with Gasteiger partial charge < -0.3 is 10.1 Å². The molecule has 0 amide bonds. The predicted octanol–water partition coefficient (Wildman–Crippen LogP) is 3.17. The third-order valence-corrected chi connectivity index (χ3v) is 3.71. The summed E-state index contributed by atoms with van der Waals surface area (Å²) in [5, 5.41) is 3.53.